The van der Waals surface area contributed by atoms with Gasteiger partial charge in [0.25, 0.3) is 0 Å². The van der Waals surface area contributed by atoms with Crippen LogP contribution in [0.15, 0.2) is 67.1 Å². The molecule has 2 atom stereocenters. The lowest BCUT2D eigenvalue weighted by atomic mass is 10.2. The van der Waals surface area contributed by atoms with Crippen LogP contribution >= 0.6 is 11.3 Å². The molecule has 4 heterocycles. The molecule has 0 unspecified atom stereocenters. The van der Waals surface area contributed by atoms with Gasteiger partial charge in [0, 0.05) is 38.1 Å². The number of thiophene rings is 1. The van der Waals surface area contributed by atoms with Crippen molar-refractivity contribution in [1.29, 1.82) is 0 Å². The largest absolute Gasteiger partial charge is 0.445 e. The molecule has 9 nitrogen and oxygen atoms in total. The molecule has 5 aromatic rings. The fourth-order valence-corrected chi connectivity index (χ4v) is 5.42. The molecule has 1 amide bonds. The van der Waals surface area contributed by atoms with Crippen molar-refractivity contribution in [3.8, 4) is 11.8 Å². The molecule has 0 aliphatic carbocycles. The minimum atomic E-state index is -0.335. The summed E-state index contributed by atoms with van der Waals surface area (Å²) in [4.78, 5) is 23.1. The molecule has 1 aliphatic rings. The highest BCUT2D eigenvalue weighted by molar-refractivity contribution is 7.20. The SMILES string of the molecule is CN(C)C(=O)O[C@H]1CN[C@@H](C#Cc2cc3ncnc(Nc4ccc5c(cnn5Cc5ccccc5)c4)c3s2)C1. The molecule has 1 fully saturated rings. The molecule has 10 heteroatoms. The van der Waals surface area contributed by atoms with Crippen LogP contribution in [0.4, 0.5) is 16.3 Å². The molecular formula is C29H27N7O2S. The average molecular weight is 538 g/mol. The Bertz CT molecular complexity index is 1700. The maximum absolute atomic E-state index is 11.8. The van der Waals surface area contributed by atoms with Gasteiger partial charge >= 0.3 is 6.09 Å². The van der Waals surface area contributed by atoms with Crippen molar-refractivity contribution >= 4 is 50.1 Å². The Morgan fingerprint density at radius 1 is 1.21 bits per heavy atom. The van der Waals surface area contributed by atoms with Crippen molar-refractivity contribution < 1.29 is 9.53 Å². The molecule has 3 aromatic heterocycles. The van der Waals surface area contributed by atoms with Crippen molar-refractivity contribution in [2.24, 2.45) is 0 Å². The second-order valence-electron chi connectivity index (χ2n) is 9.60. The number of nitrogens with zero attached hydrogens (tertiary/aromatic N) is 5. The molecular weight excluding hydrogens is 510 g/mol. The van der Waals surface area contributed by atoms with Gasteiger partial charge in [0.05, 0.1) is 39.4 Å². The first kappa shape index (κ1) is 24.9. The van der Waals surface area contributed by atoms with Crippen LogP contribution < -0.4 is 10.6 Å². The zero-order valence-electron chi connectivity index (χ0n) is 21.6. The predicted molar refractivity (Wildman–Crippen MR) is 153 cm³/mol. The van der Waals surface area contributed by atoms with Crippen LogP contribution in [0.2, 0.25) is 0 Å². The highest BCUT2D eigenvalue weighted by Gasteiger charge is 2.26. The number of hydrogen-bond donors (Lipinski definition) is 2. The summed E-state index contributed by atoms with van der Waals surface area (Å²) in [6, 6.07) is 18.5. The lowest BCUT2D eigenvalue weighted by Gasteiger charge is -2.15. The lowest BCUT2D eigenvalue weighted by Crippen LogP contribution is -2.29. The summed E-state index contributed by atoms with van der Waals surface area (Å²) in [7, 11) is 3.35. The number of ether oxygens (including phenoxy) is 1. The van der Waals surface area contributed by atoms with Crippen molar-refractivity contribution in [3.05, 3.63) is 77.6 Å². The van der Waals surface area contributed by atoms with Crippen LogP contribution in [0.1, 0.15) is 16.9 Å². The van der Waals surface area contributed by atoms with E-state index in [4.69, 9.17) is 4.74 Å². The normalized spacial score (nSPS) is 16.7. The number of fused-ring (bicyclic) bond motifs is 2. The van der Waals surface area contributed by atoms with E-state index in [9.17, 15) is 4.79 Å². The molecule has 0 radical (unpaired) electrons. The molecule has 1 aliphatic heterocycles. The molecule has 39 heavy (non-hydrogen) atoms. The van der Waals surface area contributed by atoms with Gasteiger partial charge in [0.2, 0.25) is 0 Å². The van der Waals surface area contributed by atoms with E-state index >= 15 is 0 Å². The third kappa shape index (κ3) is 5.55. The van der Waals surface area contributed by atoms with Crippen LogP contribution in [-0.2, 0) is 11.3 Å². The Labute approximate surface area is 229 Å². The van der Waals surface area contributed by atoms with E-state index in [0.29, 0.717) is 13.0 Å². The zero-order valence-corrected chi connectivity index (χ0v) is 22.4. The molecule has 2 N–H and O–H groups in total. The quantitative estimate of drug-likeness (QED) is 0.316. The fourth-order valence-electron chi connectivity index (χ4n) is 4.50. The van der Waals surface area contributed by atoms with Crippen LogP contribution in [0, 0.1) is 11.8 Å². The zero-order chi connectivity index (χ0) is 26.8. The molecule has 0 bridgehead atoms. The van der Waals surface area contributed by atoms with E-state index in [1.807, 2.05) is 41.2 Å². The maximum atomic E-state index is 11.8. The Hall–Kier alpha value is -4.46. The van der Waals surface area contributed by atoms with E-state index in [1.54, 1.807) is 31.8 Å². The lowest BCUT2D eigenvalue weighted by molar-refractivity contribution is 0.0826. The van der Waals surface area contributed by atoms with Crippen molar-refractivity contribution in [2.75, 3.05) is 26.0 Å². The fraction of sp³-hybridized carbons (Fsp3) is 0.241. The van der Waals surface area contributed by atoms with Crippen LogP contribution in [0.25, 0.3) is 21.1 Å². The summed E-state index contributed by atoms with van der Waals surface area (Å²) in [6.07, 6.45) is 3.60. The number of aromatic nitrogens is 4. The number of amides is 1. The Morgan fingerprint density at radius 3 is 2.92 bits per heavy atom. The molecule has 196 valence electrons. The minimum Gasteiger partial charge on any atom is -0.445 e. The highest BCUT2D eigenvalue weighted by atomic mass is 32.1. The van der Waals surface area contributed by atoms with Gasteiger partial charge in [-0.15, -0.1) is 11.3 Å². The van der Waals surface area contributed by atoms with E-state index in [2.05, 4.69) is 61.8 Å². The standard InChI is InChI=1S/C29H27N7O2S/c1-35(2)29(37)38-23-13-21(30-16-23)8-10-24-14-25-27(39-24)28(32-18-31-25)34-22-9-11-26-20(12-22)15-33-36(26)17-19-6-4-3-5-7-19/h3-7,9,11-12,14-15,18,21,23,30H,13,16-17H2,1-2H3,(H,31,32,34)/t21-,23+/m0/s1. The monoisotopic (exact) mass is 537 g/mol. The molecule has 1 saturated heterocycles. The van der Waals surface area contributed by atoms with Gasteiger partial charge < -0.3 is 15.0 Å². The van der Waals surface area contributed by atoms with Crippen LogP contribution in [0.3, 0.4) is 0 Å². The first-order valence-electron chi connectivity index (χ1n) is 12.7. The summed E-state index contributed by atoms with van der Waals surface area (Å²) in [5.74, 6) is 7.27. The number of carbonyl (C=O) groups excluding carboxylic acids is 1. The highest BCUT2D eigenvalue weighted by Crippen LogP contribution is 2.31. The van der Waals surface area contributed by atoms with Crippen molar-refractivity contribution in [2.45, 2.75) is 25.1 Å². The van der Waals surface area contributed by atoms with Gasteiger partial charge in [-0.05, 0) is 29.8 Å². The first-order chi connectivity index (χ1) is 19.0. The summed E-state index contributed by atoms with van der Waals surface area (Å²) in [5, 5.41) is 12.4. The number of anilines is 2. The van der Waals surface area contributed by atoms with Gasteiger partial charge in [-0.1, -0.05) is 42.2 Å². The first-order valence-corrected chi connectivity index (χ1v) is 13.5. The Kier molecular flexibility index (Phi) is 6.84. The third-order valence-electron chi connectivity index (χ3n) is 6.48. The van der Waals surface area contributed by atoms with E-state index < -0.39 is 0 Å². The molecule has 0 spiro atoms. The number of nitrogens with one attached hydrogen (secondary N) is 2. The third-order valence-corrected chi connectivity index (χ3v) is 7.53. The number of benzene rings is 2. The van der Waals surface area contributed by atoms with Gasteiger partial charge in [-0.3, -0.25) is 10.00 Å². The van der Waals surface area contributed by atoms with Crippen molar-refractivity contribution in [1.82, 2.24) is 30.0 Å². The van der Waals surface area contributed by atoms with E-state index in [0.717, 1.165) is 44.0 Å². The summed E-state index contributed by atoms with van der Waals surface area (Å²) < 4.78 is 8.41. The van der Waals surface area contributed by atoms with Crippen molar-refractivity contribution in [3.63, 3.8) is 0 Å². The smallest absolute Gasteiger partial charge is 0.409 e. The van der Waals surface area contributed by atoms with Gasteiger partial charge in [-0.2, -0.15) is 5.10 Å². The average Bonchev–Trinajstić information content (AvgIpc) is 3.67. The van der Waals surface area contributed by atoms with Gasteiger partial charge in [0.1, 0.15) is 12.4 Å². The number of rotatable bonds is 5. The molecule has 6 rings (SSSR count). The Balaban J connectivity index is 1.16. The summed E-state index contributed by atoms with van der Waals surface area (Å²) >= 11 is 1.55. The predicted octanol–water partition coefficient (Wildman–Crippen LogP) is 4.61. The van der Waals surface area contributed by atoms with E-state index in [-0.39, 0.29) is 18.2 Å². The summed E-state index contributed by atoms with van der Waals surface area (Å²) in [6.45, 7) is 1.32. The number of hydrogen-bond acceptors (Lipinski definition) is 8. The summed E-state index contributed by atoms with van der Waals surface area (Å²) in [5.41, 5.74) is 4.05. The Morgan fingerprint density at radius 2 is 2.08 bits per heavy atom. The second kappa shape index (κ2) is 10.7. The van der Waals surface area contributed by atoms with Crippen LogP contribution in [-0.4, -0.2) is 63.5 Å². The van der Waals surface area contributed by atoms with Gasteiger partial charge in [0.15, 0.2) is 5.82 Å². The minimum absolute atomic E-state index is 0.0339. The molecule has 0 saturated carbocycles. The van der Waals surface area contributed by atoms with Gasteiger partial charge in [-0.25, -0.2) is 14.8 Å². The maximum Gasteiger partial charge on any atom is 0.409 e. The van der Waals surface area contributed by atoms with Crippen LogP contribution in [0.5, 0.6) is 0 Å². The second-order valence-corrected chi connectivity index (χ2v) is 10.7. The number of carbonyl (C=O) groups is 1. The molecule has 2 aromatic carbocycles. The van der Waals surface area contributed by atoms with E-state index in [1.165, 1.54) is 10.5 Å². The topological polar surface area (TPSA) is 97.2 Å².